The molecule has 1 amide bonds. The van der Waals surface area contributed by atoms with Gasteiger partial charge in [0.2, 0.25) is 5.91 Å². The number of nitrogens with zero attached hydrogens (tertiary/aromatic N) is 1. The van der Waals surface area contributed by atoms with Crippen LogP contribution in [0.2, 0.25) is 0 Å². The molecule has 3 heteroatoms. The highest BCUT2D eigenvalue weighted by Crippen LogP contribution is 2.35. The van der Waals surface area contributed by atoms with Gasteiger partial charge < -0.3 is 4.90 Å². The molecular weight excluding hydrogens is 260 g/mol. The smallest absolute Gasteiger partial charge is 0.241 e. The van der Waals surface area contributed by atoms with Gasteiger partial charge in [0.25, 0.3) is 0 Å². The van der Waals surface area contributed by atoms with Crippen molar-refractivity contribution in [1.29, 1.82) is 0 Å². The van der Waals surface area contributed by atoms with Crippen LogP contribution in [0.3, 0.4) is 0 Å². The Labute approximate surface area is 130 Å². The van der Waals surface area contributed by atoms with Gasteiger partial charge in [0.1, 0.15) is 0 Å². The summed E-state index contributed by atoms with van der Waals surface area (Å²) in [6.45, 7) is 11.3. The summed E-state index contributed by atoms with van der Waals surface area (Å²) in [6.07, 6.45) is 7.21. The van der Waals surface area contributed by atoms with Crippen LogP contribution in [-0.4, -0.2) is 29.1 Å². The normalized spacial score (nSPS) is 37.5. The van der Waals surface area contributed by atoms with Crippen molar-refractivity contribution in [2.75, 3.05) is 0 Å². The Morgan fingerprint density at radius 1 is 1.19 bits per heavy atom. The largest absolute Gasteiger partial charge is 0.323 e. The molecular formula is C18H34N2O. The van der Waals surface area contributed by atoms with E-state index in [4.69, 9.17) is 0 Å². The van der Waals surface area contributed by atoms with Gasteiger partial charge in [0.15, 0.2) is 0 Å². The second kappa shape index (κ2) is 7.13. The Morgan fingerprint density at radius 3 is 2.33 bits per heavy atom. The maximum Gasteiger partial charge on any atom is 0.241 e. The monoisotopic (exact) mass is 294 g/mol. The molecule has 4 atom stereocenters. The Kier molecular flexibility index (Phi) is 5.70. The topological polar surface area (TPSA) is 32.3 Å². The van der Waals surface area contributed by atoms with Crippen molar-refractivity contribution < 1.29 is 4.79 Å². The molecule has 0 spiro atoms. The number of hydrogen-bond donors (Lipinski definition) is 1. The molecule has 1 N–H and O–H groups in total. The molecule has 2 rings (SSSR count). The van der Waals surface area contributed by atoms with Gasteiger partial charge in [-0.15, -0.1) is 0 Å². The first kappa shape index (κ1) is 16.8. The zero-order valence-corrected chi connectivity index (χ0v) is 14.6. The fraction of sp³-hybridized carbons (Fsp3) is 0.944. The molecule has 0 bridgehead atoms. The number of rotatable bonds is 5. The molecule has 2 aliphatic rings. The van der Waals surface area contributed by atoms with Gasteiger partial charge in [-0.05, 0) is 43.4 Å². The van der Waals surface area contributed by atoms with Crippen molar-refractivity contribution in [2.45, 2.75) is 91.4 Å². The van der Waals surface area contributed by atoms with E-state index in [0.29, 0.717) is 17.9 Å². The molecule has 4 unspecified atom stereocenters. The second-order valence-electron chi connectivity index (χ2n) is 7.87. The molecule has 21 heavy (non-hydrogen) atoms. The molecule has 122 valence electrons. The highest BCUT2D eigenvalue weighted by atomic mass is 16.2. The zero-order valence-electron chi connectivity index (χ0n) is 14.6. The van der Waals surface area contributed by atoms with Crippen molar-refractivity contribution in [3.8, 4) is 0 Å². The van der Waals surface area contributed by atoms with Crippen LogP contribution in [0.4, 0.5) is 0 Å². The third-order valence-corrected chi connectivity index (χ3v) is 5.25. The molecule has 0 aromatic carbocycles. The fourth-order valence-corrected chi connectivity index (χ4v) is 4.34. The van der Waals surface area contributed by atoms with E-state index in [-0.39, 0.29) is 12.2 Å². The third kappa shape index (κ3) is 3.80. The number of carbonyl (C=O) groups is 1. The van der Waals surface area contributed by atoms with Crippen LogP contribution in [-0.2, 0) is 4.79 Å². The van der Waals surface area contributed by atoms with Crippen LogP contribution in [0.25, 0.3) is 0 Å². The number of amides is 1. The van der Waals surface area contributed by atoms with Gasteiger partial charge in [-0.3, -0.25) is 10.1 Å². The van der Waals surface area contributed by atoms with Gasteiger partial charge in [-0.1, -0.05) is 47.5 Å². The van der Waals surface area contributed by atoms with Crippen molar-refractivity contribution in [3.63, 3.8) is 0 Å². The van der Waals surface area contributed by atoms with E-state index in [1.165, 1.54) is 19.3 Å². The summed E-state index contributed by atoms with van der Waals surface area (Å²) in [6, 6.07) is 0.507. The van der Waals surface area contributed by atoms with Crippen LogP contribution in [0, 0.1) is 17.8 Å². The lowest BCUT2D eigenvalue weighted by Gasteiger charge is -2.41. The van der Waals surface area contributed by atoms with E-state index in [1.54, 1.807) is 0 Å². The average Bonchev–Trinajstić information content (AvgIpc) is 2.72. The first-order valence-electron chi connectivity index (χ1n) is 9.02. The molecule has 1 aliphatic carbocycles. The first-order chi connectivity index (χ1) is 9.93. The highest BCUT2D eigenvalue weighted by Gasteiger charge is 2.44. The van der Waals surface area contributed by atoms with Crippen LogP contribution in [0.15, 0.2) is 0 Å². The van der Waals surface area contributed by atoms with Crippen molar-refractivity contribution in [3.05, 3.63) is 0 Å². The summed E-state index contributed by atoms with van der Waals surface area (Å²) in [5.41, 5.74) is 0. The molecule has 1 heterocycles. The quantitative estimate of drug-likeness (QED) is 0.837. The maximum atomic E-state index is 12.9. The zero-order chi connectivity index (χ0) is 15.6. The number of nitrogens with one attached hydrogen (secondary N) is 1. The number of hydrogen-bond acceptors (Lipinski definition) is 2. The molecule has 3 nitrogen and oxygen atoms in total. The minimum absolute atomic E-state index is 0.0601. The summed E-state index contributed by atoms with van der Waals surface area (Å²) in [5, 5.41) is 3.63. The van der Waals surface area contributed by atoms with Crippen molar-refractivity contribution in [2.24, 2.45) is 17.8 Å². The Morgan fingerprint density at radius 2 is 1.81 bits per heavy atom. The van der Waals surface area contributed by atoms with E-state index in [2.05, 4.69) is 44.8 Å². The average molecular weight is 294 g/mol. The lowest BCUT2D eigenvalue weighted by molar-refractivity contribution is -0.134. The third-order valence-electron chi connectivity index (χ3n) is 5.25. The molecule has 1 aliphatic heterocycles. The van der Waals surface area contributed by atoms with Crippen LogP contribution in [0.1, 0.15) is 73.1 Å². The standard InChI is InChI=1S/C18H34N2O/c1-6-7-8-16-18(21)20(17(19-16)12(2)3)15-10-13(4)9-14(5)11-15/h12-17,19H,6-11H2,1-5H3. The van der Waals surface area contributed by atoms with E-state index < -0.39 is 0 Å². The lowest BCUT2D eigenvalue weighted by atomic mass is 9.79. The summed E-state index contributed by atoms with van der Waals surface area (Å²) >= 11 is 0. The molecule has 0 aromatic heterocycles. The predicted octanol–water partition coefficient (Wildman–Crippen LogP) is 3.78. The summed E-state index contributed by atoms with van der Waals surface area (Å²) in [7, 11) is 0. The molecule has 1 saturated heterocycles. The maximum absolute atomic E-state index is 12.9. The van der Waals surface area contributed by atoms with Gasteiger partial charge in [0.05, 0.1) is 12.2 Å². The molecule has 0 radical (unpaired) electrons. The Hall–Kier alpha value is -0.570. The van der Waals surface area contributed by atoms with Crippen LogP contribution in [0.5, 0.6) is 0 Å². The summed E-state index contributed by atoms with van der Waals surface area (Å²) in [4.78, 5) is 15.1. The summed E-state index contributed by atoms with van der Waals surface area (Å²) < 4.78 is 0. The van der Waals surface area contributed by atoms with E-state index in [1.807, 2.05) is 0 Å². The molecule has 0 aromatic rings. The van der Waals surface area contributed by atoms with Crippen LogP contribution < -0.4 is 5.32 Å². The van der Waals surface area contributed by atoms with Gasteiger partial charge >= 0.3 is 0 Å². The van der Waals surface area contributed by atoms with Crippen molar-refractivity contribution in [1.82, 2.24) is 10.2 Å². The van der Waals surface area contributed by atoms with E-state index in [9.17, 15) is 4.79 Å². The van der Waals surface area contributed by atoms with Gasteiger partial charge in [0, 0.05) is 6.04 Å². The second-order valence-corrected chi connectivity index (χ2v) is 7.87. The van der Waals surface area contributed by atoms with E-state index >= 15 is 0 Å². The highest BCUT2D eigenvalue weighted by molar-refractivity contribution is 5.84. The fourth-order valence-electron chi connectivity index (χ4n) is 4.34. The lowest BCUT2D eigenvalue weighted by Crippen LogP contribution is -2.49. The van der Waals surface area contributed by atoms with Gasteiger partial charge in [-0.25, -0.2) is 0 Å². The number of carbonyl (C=O) groups excluding carboxylic acids is 1. The molecule has 1 saturated carbocycles. The Balaban J connectivity index is 2.12. The minimum atomic E-state index is 0.0601. The minimum Gasteiger partial charge on any atom is -0.323 e. The van der Waals surface area contributed by atoms with Crippen molar-refractivity contribution >= 4 is 5.91 Å². The SMILES string of the molecule is CCCCC1NC(C(C)C)N(C2CC(C)CC(C)C2)C1=O. The summed E-state index contributed by atoms with van der Waals surface area (Å²) in [5.74, 6) is 2.34. The van der Waals surface area contributed by atoms with E-state index in [0.717, 1.165) is 31.1 Å². The first-order valence-corrected chi connectivity index (χ1v) is 9.02. The predicted molar refractivity (Wildman–Crippen MR) is 87.9 cm³/mol. The Bertz CT molecular complexity index is 345. The van der Waals surface area contributed by atoms with Gasteiger partial charge in [-0.2, -0.15) is 0 Å². The molecule has 2 fully saturated rings. The van der Waals surface area contributed by atoms with Crippen LogP contribution >= 0.6 is 0 Å². The number of unbranched alkanes of at least 4 members (excludes halogenated alkanes) is 1.